The Bertz CT molecular complexity index is 901. The molecule has 24 heavy (non-hydrogen) atoms. The number of likely N-dealkylation sites (tertiary alicyclic amines) is 1. The van der Waals surface area contributed by atoms with E-state index >= 15 is 0 Å². The van der Waals surface area contributed by atoms with Crippen molar-refractivity contribution >= 4 is 10.9 Å². The minimum absolute atomic E-state index is 0.0243. The van der Waals surface area contributed by atoms with Crippen molar-refractivity contribution < 1.29 is 0 Å². The van der Waals surface area contributed by atoms with Gasteiger partial charge in [0.05, 0.1) is 35.9 Å². The first-order valence-electron chi connectivity index (χ1n) is 8.28. The van der Waals surface area contributed by atoms with E-state index in [-0.39, 0.29) is 11.6 Å². The molecule has 1 fully saturated rings. The highest BCUT2D eigenvalue weighted by Crippen LogP contribution is 2.30. The molecule has 3 heterocycles. The van der Waals surface area contributed by atoms with E-state index in [0.29, 0.717) is 5.39 Å². The third-order valence-electron chi connectivity index (χ3n) is 4.73. The summed E-state index contributed by atoms with van der Waals surface area (Å²) >= 11 is 0. The molecule has 1 aliphatic rings. The Labute approximate surface area is 139 Å². The van der Waals surface area contributed by atoms with Crippen LogP contribution in [-0.4, -0.2) is 42.5 Å². The summed E-state index contributed by atoms with van der Waals surface area (Å²) in [4.78, 5) is 21.5. The lowest BCUT2D eigenvalue weighted by Gasteiger charge is -2.25. The van der Waals surface area contributed by atoms with E-state index in [9.17, 15) is 4.79 Å². The van der Waals surface area contributed by atoms with Crippen LogP contribution in [0.5, 0.6) is 0 Å². The van der Waals surface area contributed by atoms with Crippen molar-refractivity contribution in [3.05, 3.63) is 52.8 Å². The van der Waals surface area contributed by atoms with Crippen LogP contribution in [0, 0.1) is 0 Å². The van der Waals surface area contributed by atoms with Gasteiger partial charge in [0.15, 0.2) is 0 Å². The number of hydrogen-bond acceptors (Lipinski definition) is 5. The summed E-state index contributed by atoms with van der Waals surface area (Å²) in [6.45, 7) is 2.60. The molecule has 1 atom stereocenters. The van der Waals surface area contributed by atoms with Gasteiger partial charge in [0.1, 0.15) is 5.82 Å². The van der Waals surface area contributed by atoms with Crippen LogP contribution in [0.1, 0.15) is 24.7 Å². The Morgan fingerprint density at radius 2 is 1.96 bits per heavy atom. The van der Waals surface area contributed by atoms with E-state index in [1.165, 1.54) is 0 Å². The van der Waals surface area contributed by atoms with E-state index in [2.05, 4.69) is 15.1 Å². The SMILES string of the molecule is Cn1c(C2CCCN2CCn2nccn2)nc2ccccc2c1=O. The minimum atomic E-state index is 0.0243. The van der Waals surface area contributed by atoms with Crippen LogP contribution in [0.25, 0.3) is 10.9 Å². The molecule has 7 nitrogen and oxygen atoms in total. The average molecular weight is 324 g/mol. The second-order valence-electron chi connectivity index (χ2n) is 6.17. The molecule has 0 saturated carbocycles. The first kappa shape index (κ1) is 15.0. The molecule has 1 aliphatic heterocycles. The average Bonchev–Trinajstić information content (AvgIpc) is 3.27. The van der Waals surface area contributed by atoms with Gasteiger partial charge in [-0.2, -0.15) is 15.0 Å². The predicted molar refractivity (Wildman–Crippen MR) is 90.6 cm³/mol. The zero-order chi connectivity index (χ0) is 16.5. The number of benzene rings is 1. The number of fused-ring (bicyclic) bond motifs is 1. The Balaban J connectivity index is 1.65. The summed E-state index contributed by atoms with van der Waals surface area (Å²) in [6, 6.07) is 7.72. The topological polar surface area (TPSA) is 68.8 Å². The van der Waals surface area contributed by atoms with Gasteiger partial charge in [-0.1, -0.05) is 12.1 Å². The summed E-state index contributed by atoms with van der Waals surface area (Å²) in [7, 11) is 1.82. The van der Waals surface area contributed by atoms with Gasteiger partial charge in [0, 0.05) is 13.6 Å². The standard InChI is InChI=1S/C17H20N6O/c1-21-16(20-14-6-3-2-5-13(14)17(21)24)15-7-4-10-22(15)11-12-23-18-8-9-19-23/h2-3,5-6,8-9,15H,4,7,10-12H2,1H3. The lowest BCUT2D eigenvalue weighted by molar-refractivity contribution is 0.226. The van der Waals surface area contributed by atoms with Crippen molar-refractivity contribution in [3.8, 4) is 0 Å². The highest BCUT2D eigenvalue weighted by Gasteiger charge is 2.29. The van der Waals surface area contributed by atoms with Crippen LogP contribution >= 0.6 is 0 Å². The zero-order valence-electron chi connectivity index (χ0n) is 13.7. The molecule has 124 valence electrons. The molecule has 3 aromatic rings. The Morgan fingerprint density at radius 3 is 2.79 bits per heavy atom. The molecule has 0 bridgehead atoms. The van der Waals surface area contributed by atoms with Crippen LogP contribution in [0.4, 0.5) is 0 Å². The monoisotopic (exact) mass is 324 g/mol. The quantitative estimate of drug-likeness (QED) is 0.725. The number of nitrogens with zero attached hydrogens (tertiary/aromatic N) is 6. The van der Waals surface area contributed by atoms with E-state index in [4.69, 9.17) is 4.98 Å². The van der Waals surface area contributed by atoms with Gasteiger partial charge in [0.25, 0.3) is 5.56 Å². The van der Waals surface area contributed by atoms with Gasteiger partial charge in [0.2, 0.25) is 0 Å². The van der Waals surface area contributed by atoms with Crippen molar-refractivity contribution in [2.45, 2.75) is 25.4 Å². The molecule has 0 amide bonds. The molecule has 1 aromatic carbocycles. The number of hydrogen-bond donors (Lipinski definition) is 0. The van der Waals surface area contributed by atoms with Crippen molar-refractivity contribution in [2.24, 2.45) is 7.05 Å². The van der Waals surface area contributed by atoms with Crippen LogP contribution in [0.15, 0.2) is 41.5 Å². The maximum Gasteiger partial charge on any atom is 0.261 e. The summed E-state index contributed by atoms with van der Waals surface area (Å²) in [5, 5.41) is 8.99. The number of para-hydroxylation sites is 1. The summed E-state index contributed by atoms with van der Waals surface area (Å²) in [5.74, 6) is 0.852. The van der Waals surface area contributed by atoms with Crippen LogP contribution < -0.4 is 5.56 Å². The van der Waals surface area contributed by atoms with Crippen molar-refractivity contribution in [2.75, 3.05) is 13.1 Å². The van der Waals surface area contributed by atoms with Crippen molar-refractivity contribution in [1.29, 1.82) is 0 Å². The second kappa shape index (κ2) is 6.16. The number of rotatable bonds is 4. The highest BCUT2D eigenvalue weighted by atomic mass is 16.1. The summed E-state index contributed by atoms with van der Waals surface area (Å²) in [5.41, 5.74) is 0.799. The minimum Gasteiger partial charge on any atom is -0.298 e. The third-order valence-corrected chi connectivity index (χ3v) is 4.73. The fraction of sp³-hybridized carbons (Fsp3) is 0.412. The van der Waals surface area contributed by atoms with Crippen molar-refractivity contribution in [3.63, 3.8) is 0 Å². The zero-order valence-corrected chi connectivity index (χ0v) is 13.7. The molecule has 0 radical (unpaired) electrons. The first-order chi connectivity index (χ1) is 11.7. The van der Waals surface area contributed by atoms with Crippen LogP contribution in [-0.2, 0) is 13.6 Å². The highest BCUT2D eigenvalue weighted by molar-refractivity contribution is 5.77. The van der Waals surface area contributed by atoms with E-state index in [1.807, 2.05) is 31.3 Å². The largest absolute Gasteiger partial charge is 0.298 e. The molecular formula is C17H20N6O. The molecule has 2 aromatic heterocycles. The van der Waals surface area contributed by atoms with E-state index in [1.54, 1.807) is 21.8 Å². The predicted octanol–water partition coefficient (Wildman–Crippen LogP) is 1.36. The molecule has 7 heteroatoms. The lowest BCUT2D eigenvalue weighted by Crippen LogP contribution is -2.33. The van der Waals surface area contributed by atoms with Gasteiger partial charge >= 0.3 is 0 Å². The van der Waals surface area contributed by atoms with Gasteiger partial charge in [-0.3, -0.25) is 14.3 Å². The molecule has 4 rings (SSSR count). The molecule has 1 unspecified atom stereocenters. The van der Waals surface area contributed by atoms with E-state index in [0.717, 1.165) is 43.8 Å². The van der Waals surface area contributed by atoms with E-state index < -0.39 is 0 Å². The van der Waals surface area contributed by atoms with Crippen LogP contribution in [0.2, 0.25) is 0 Å². The summed E-state index contributed by atoms with van der Waals surface area (Å²) < 4.78 is 1.71. The number of aromatic nitrogens is 5. The molecular weight excluding hydrogens is 304 g/mol. The molecule has 1 saturated heterocycles. The van der Waals surface area contributed by atoms with Crippen molar-refractivity contribution in [1.82, 2.24) is 29.4 Å². The smallest absolute Gasteiger partial charge is 0.261 e. The maximum absolute atomic E-state index is 12.6. The fourth-order valence-electron chi connectivity index (χ4n) is 3.50. The normalized spacial score (nSPS) is 18.5. The molecule has 0 spiro atoms. The Kier molecular flexibility index (Phi) is 3.86. The lowest BCUT2D eigenvalue weighted by atomic mass is 10.1. The van der Waals surface area contributed by atoms with Gasteiger partial charge in [-0.15, -0.1) is 0 Å². The second-order valence-corrected chi connectivity index (χ2v) is 6.17. The van der Waals surface area contributed by atoms with Gasteiger partial charge in [-0.05, 0) is 31.5 Å². The fourth-order valence-corrected chi connectivity index (χ4v) is 3.50. The van der Waals surface area contributed by atoms with Gasteiger partial charge in [-0.25, -0.2) is 4.98 Å². The van der Waals surface area contributed by atoms with Gasteiger partial charge < -0.3 is 0 Å². The third kappa shape index (κ3) is 2.60. The Morgan fingerprint density at radius 1 is 1.17 bits per heavy atom. The maximum atomic E-state index is 12.6. The van der Waals surface area contributed by atoms with Crippen LogP contribution in [0.3, 0.4) is 0 Å². The first-order valence-corrected chi connectivity index (χ1v) is 8.28. The summed E-state index contributed by atoms with van der Waals surface area (Å²) in [6.07, 6.45) is 5.51. The molecule has 0 aliphatic carbocycles. The Hall–Kier alpha value is -2.54. The molecule has 0 N–H and O–H groups in total.